The first-order valence-corrected chi connectivity index (χ1v) is 9.67. The Morgan fingerprint density at radius 1 is 1.29 bits per heavy atom. The Morgan fingerprint density at radius 2 is 1.95 bits per heavy atom. The van der Waals surface area contributed by atoms with Crippen LogP contribution in [0, 0.1) is 0 Å². The van der Waals surface area contributed by atoms with Crippen molar-refractivity contribution in [2.24, 2.45) is 5.73 Å². The van der Waals surface area contributed by atoms with Gasteiger partial charge in [0.25, 0.3) is 0 Å². The summed E-state index contributed by atoms with van der Waals surface area (Å²) in [7, 11) is 4.26. The molecule has 1 fully saturated rings. The fourth-order valence-corrected chi connectivity index (χ4v) is 4.85. The topological polar surface area (TPSA) is 35.7 Å². The first-order valence-electron chi connectivity index (χ1n) is 7.27. The Hall–Kier alpha value is 0.500. The molecule has 1 aromatic heterocycles. The smallest absolute Gasteiger partial charge is 0.0843 e. The Morgan fingerprint density at radius 3 is 2.43 bits per heavy atom. The number of hydrogen-bond donors (Lipinski definition) is 1. The molecule has 2 rings (SSSR count). The molecule has 0 radical (unpaired) electrons. The summed E-state index contributed by atoms with van der Waals surface area (Å²) in [4.78, 5) is 8.66. The molecule has 1 aliphatic heterocycles. The van der Waals surface area contributed by atoms with Gasteiger partial charge in [-0.15, -0.1) is 11.3 Å². The van der Waals surface area contributed by atoms with Crippen LogP contribution in [-0.4, -0.2) is 74.6 Å². The average molecular weight is 440 g/mol. The van der Waals surface area contributed by atoms with Crippen LogP contribution in [0.5, 0.6) is 0 Å². The van der Waals surface area contributed by atoms with Crippen molar-refractivity contribution in [1.29, 1.82) is 0 Å². The van der Waals surface area contributed by atoms with Crippen LogP contribution in [0.1, 0.15) is 10.9 Å². The number of nitrogens with two attached hydrogens (primary N) is 1. The van der Waals surface area contributed by atoms with Gasteiger partial charge in [-0.3, -0.25) is 9.80 Å². The summed E-state index contributed by atoms with van der Waals surface area (Å²) < 4.78 is 2.28. The van der Waals surface area contributed by atoms with Crippen LogP contribution in [0.15, 0.2) is 14.3 Å². The molecular weight excluding hydrogens is 416 g/mol. The maximum Gasteiger partial charge on any atom is 0.0843 e. The van der Waals surface area contributed by atoms with E-state index in [1.165, 1.54) is 4.88 Å². The summed E-state index contributed by atoms with van der Waals surface area (Å²) in [6.07, 6.45) is 0. The lowest BCUT2D eigenvalue weighted by atomic mass is 10.1. The van der Waals surface area contributed by atoms with Gasteiger partial charge in [0.15, 0.2) is 0 Å². The molecule has 0 bridgehead atoms. The number of halogens is 2. The monoisotopic (exact) mass is 438 g/mol. The van der Waals surface area contributed by atoms with Gasteiger partial charge in [0.1, 0.15) is 0 Å². The summed E-state index contributed by atoms with van der Waals surface area (Å²) in [6.45, 7) is 7.44. The van der Waals surface area contributed by atoms with Gasteiger partial charge in [0.2, 0.25) is 0 Å². The quantitative estimate of drug-likeness (QED) is 0.738. The van der Waals surface area contributed by atoms with Crippen LogP contribution in [0.2, 0.25) is 0 Å². The van der Waals surface area contributed by atoms with Crippen molar-refractivity contribution in [2.75, 3.05) is 59.9 Å². The highest BCUT2D eigenvalue weighted by molar-refractivity contribution is 9.13. The zero-order chi connectivity index (χ0) is 15.4. The van der Waals surface area contributed by atoms with E-state index in [1.54, 1.807) is 11.3 Å². The predicted molar refractivity (Wildman–Crippen MR) is 98.1 cm³/mol. The van der Waals surface area contributed by atoms with E-state index >= 15 is 0 Å². The van der Waals surface area contributed by atoms with Crippen molar-refractivity contribution < 1.29 is 0 Å². The van der Waals surface area contributed by atoms with E-state index in [9.17, 15) is 0 Å². The molecule has 1 aliphatic rings. The van der Waals surface area contributed by atoms with Crippen LogP contribution in [-0.2, 0) is 0 Å². The first-order chi connectivity index (χ1) is 10.0. The summed E-state index contributed by atoms with van der Waals surface area (Å²) in [5.41, 5.74) is 6.04. The molecule has 1 aromatic rings. The maximum atomic E-state index is 6.04. The number of likely N-dealkylation sites (N-methyl/N-ethyl adjacent to an activating group) is 1. The lowest BCUT2D eigenvalue weighted by Crippen LogP contribution is -2.50. The second kappa shape index (κ2) is 8.38. The molecule has 0 spiro atoms. The van der Waals surface area contributed by atoms with Gasteiger partial charge in [-0.25, -0.2) is 0 Å². The lowest BCUT2D eigenvalue weighted by molar-refractivity contribution is 0.0952. The van der Waals surface area contributed by atoms with Gasteiger partial charge in [-0.05, 0) is 52.0 Å². The Balaban J connectivity index is 1.90. The number of rotatable bonds is 6. The molecule has 1 atom stereocenters. The summed E-state index contributed by atoms with van der Waals surface area (Å²) >= 11 is 8.94. The van der Waals surface area contributed by atoms with E-state index in [1.807, 2.05) is 0 Å². The molecule has 7 heteroatoms. The van der Waals surface area contributed by atoms with Crippen molar-refractivity contribution in [3.8, 4) is 0 Å². The molecular formula is C14H24Br2N4S. The van der Waals surface area contributed by atoms with Gasteiger partial charge >= 0.3 is 0 Å². The zero-order valence-electron chi connectivity index (χ0n) is 12.7. The Kier molecular flexibility index (Phi) is 7.12. The van der Waals surface area contributed by atoms with E-state index in [-0.39, 0.29) is 0 Å². The second-order valence-electron chi connectivity index (χ2n) is 5.70. The number of thiophene rings is 1. The fourth-order valence-electron chi connectivity index (χ4n) is 2.61. The molecule has 2 heterocycles. The largest absolute Gasteiger partial charge is 0.329 e. The number of nitrogens with zero attached hydrogens (tertiary/aromatic N) is 3. The predicted octanol–water partition coefficient (Wildman–Crippen LogP) is 2.45. The fraction of sp³-hybridized carbons (Fsp3) is 0.714. The number of piperazine rings is 1. The van der Waals surface area contributed by atoms with Crippen LogP contribution in [0.3, 0.4) is 0 Å². The molecule has 4 nitrogen and oxygen atoms in total. The average Bonchev–Trinajstić information content (AvgIpc) is 2.78. The first kappa shape index (κ1) is 17.8. The van der Waals surface area contributed by atoms with Gasteiger partial charge in [-0.2, -0.15) is 0 Å². The maximum absolute atomic E-state index is 6.04. The third kappa shape index (κ3) is 4.99. The van der Waals surface area contributed by atoms with Crippen molar-refractivity contribution in [1.82, 2.24) is 14.7 Å². The van der Waals surface area contributed by atoms with Gasteiger partial charge in [0.05, 0.1) is 9.83 Å². The molecule has 0 saturated carbocycles. The highest BCUT2D eigenvalue weighted by atomic mass is 79.9. The standard InChI is InChI=1S/C14H24Br2N4S/c1-18(2)3-4-19-5-7-20(8-6-19)12(10-17)13-9-11(15)14(16)21-13/h9,12H,3-8,10,17H2,1-2H3. The molecule has 2 N–H and O–H groups in total. The van der Waals surface area contributed by atoms with E-state index in [0.29, 0.717) is 12.6 Å². The Bertz CT molecular complexity index is 425. The van der Waals surface area contributed by atoms with E-state index < -0.39 is 0 Å². The molecule has 21 heavy (non-hydrogen) atoms. The molecule has 0 amide bonds. The summed E-state index contributed by atoms with van der Waals surface area (Å²) in [5, 5.41) is 0. The highest BCUT2D eigenvalue weighted by Gasteiger charge is 2.25. The SMILES string of the molecule is CN(C)CCN1CCN(C(CN)c2cc(Br)c(Br)s2)CC1. The third-order valence-electron chi connectivity index (χ3n) is 3.93. The van der Waals surface area contributed by atoms with Gasteiger partial charge < -0.3 is 10.6 Å². The van der Waals surface area contributed by atoms with Crippen molar-refractivity contribution >= 4 is 43.2 Å². The molecule has 1 unspecified atom stereocenters. The van der Waals surface area contributed by atoms with Crippen molar-refractivity contribution in [2.45, 2.75) is 6.04 Å². The van der Waals surface area contributed by atoms with Gasteiger partial charge in [-0.1, -0.05) is 0 Å². The normalized spacial score (nSPS) is 19.3. The molecule has 0 aromatic carbocycles. The van der Waals surface area contributed by atoms with Crippen LogP contribution >= 0.6 is 43.2 Å². The minimum Gasteiger partial charge on any atom is -0.329 e. The zero-order valence-corrected chi connectivity index (χ0v) is 16.7. The van der Waals surface area contributed by atoms with E-state index in [0.717, 1.165) is 47.5 Å². The molecule has 1 saturated heterocycles. The summed E-state index contributed by atoms with van der Waals surface area (Å²) in [5.74, 6) is 0. The minimum absolute atomic E-state index is 0.341. The second-order valence-corrected chi connectivity index (χ2v) is 8.96. The van der Waals surface area contributed by atoms with E-state index in [4.69, 9.17) is 5.73 Å². The van der Waals surface area contributed by atoms with Crippen LogP contribution < -0.4 is 5.73 Å². The third-order valence-corrected chi connectivity index (χ3v) is 7.28. The Labute approximate surface area is 148 Å². The van der Waals surface area contributed by atoms with Crippen LogP contribution in [0.4, 0.5) is 0 Å². The van der Waals surface area contributed by atoms with Crippen molar-refractivity contribution in [3.05, 3.63) is 19.2 Å². The minimum atomic E-state index is 0.341. The summed E-state index contributed by atoms with van der Waals surface area (Å²) in [6, 6.07) is 2.54. The molecule has 120 valence electrons. The molecule has 0 aliphatic carbocycles. The lowest BCUT2D eigenvalue weighted by Gasteiger charge is -2.39. The van der Waals surface area contributed by atoms with Crippen molar-refractivity contribution in [3.63, 3.8) is 0 Å². The van der Waals surface area contributed by atoms with Gasteiger partial charge in [0, 0.05) is 55.2 Å². The van der Waals surface area contributed by atoms with Crippen LogP contribution in [0.25, 0.3) is 0 Å². The number of hydrogen-bond acceptors (Lipinski definition) is 5. The highest BCUT2D eigenvalue weighted by Crippen LogP contribution is 2.37. The van der Waals surface area contributed by atoms with E-state index in [2.05, 4.69) is 66.7 Å².